The predicted octanol–water partition coefficient (Wildman–Crippen LogP) is 2.60. The Morgan fingerprint density at radius 2 is 1.80 bits per heavy atom. The van der Waals surface area contributed by atoms with Crippen molar-refractivity contribution in [2.75, 3.05) is 18.4 Å². The number of fused-ring (bicyclic) bond motifs is 1. The van der Waals surface area contributed by atoms with Crippen LogP contribution < -0.4 is 20.2 Å². The zero-order chi connectivity index (χ0) is 25.2. The fraction of sp³-hybridized carbons (Fsp3) is 0.143. The number of alkyl halides is 3. The van der Waals surface area contributed by atoms with Crippen molar-refractivity contribution in [1.29, 1.82) is 0 Å². The number of aromatic nitrogens is 3. The van der Waals surface area contributed by atoms with Crippen molar-refractivity contribution < 1.29 is 26.3 Å². The molecule has 4 aromatic rings. The SMILES string of the molecule is Bc1cnn2c(NCCNS(=O)(=O)c3ccc(OC(F)(F)F)cc3)cc(-c3ccccc3Cl)nc12. The van der Waals surface area contributed by atoms with E-state index in [1.807, 2.05) is 26.0 Å². The number of ether oxygens (including phenoxy) is 1. The van der Waals surface area contributed by atoms with E-state index in [-0.39, 0.29) is 18.0 Å². The average molecular weight is 524 g/mol. The van der Waals surface area contributed by atoms with Gasteiger partial charge in [0.15, 0.2) is 5.65 Å². The molecule has 0 bridgehead atoms. The highest BCUT2D eigenvalue weighted by Crippen LogP contribution is 2.28. The van der Waals surface area contributed by atoms with Gasteiger partial charge in [-0.15, -0.1) is 13.2 Å². The van der Waals surface area contributed by atoms with Crippen LogP contribution in [0.2, 0.25) is 5.02 Å². The van der Waals surface area contributed by atoms with Gasteiger partial charge in [-0.3, -0.25) is 0 Å². The third kappa shape index (κ3) is 5.86. The number of halogens is 4. The van der Waals surface area contributed by atoms with Crippen LogP contribution in [0.3, 0.4) is 0 Å². The quantitative estimate of drug-likeness (QED) is 0.272. The van der Waals surface area contributed by atoms with Gasteiger partial charge >= 0.3 is 6.36 Å². The van der Waals surface area contributed by atoms with Crippen molar-refractivity contribution in [3.63, 3.8) is 0 Å². The number of nitrogens with one attached hydrogen (secondary N) is 2. The molecule has 2 aromatic heterocycles. The normalized spacial score (nSPS) is 12.1. The van der Waals surface area contributed by atoms with Crippen LogP contribution in [0.5, 0.6) is 5.75 Å². The zero-order valence-corrected chi connectivity index (χ0v) is 19.7. The number of rotatable bonds is 8. The molecule has 0 amide bonds. The Morgan fingerprint density at radius 1 is 1.09 bits per heavy atom. The molecule has 35 heavy (non-hydrogen) atoms. The molecule has 0 aliphatic carbocycles. The molecule has 0 aliphatic heterocycles. The lowest BCUT2D eigenvalue weighted by Crippen LogP contribution is -2.29. The van der Waals surface area contributed by atoms with Gasteiger partial charge in [-0.1, -0.05) is 29.8 Å². The van der Waals surface area contributed by atoms with Crippen LogP contribution in [0, 0.1) is 0 Å². The van der Waals surface area contributed by atoms with Crippen molar-refractivity contribution in [3.05, 3.63) is 65.8 Å². The fourth-order valence-electron chi connectivity index (χ4n) is 3.29. The summed E-state index contributed by atoms with van der Waals surface area (Å²) in [6, 6.07) is 13.0. The molecule has 182 valence electrons. The van der Waals surface area contributed by atoms with Gasteiger partial charge in [0.1, 0.15) is 19.4 Å². The summed E-state index contributed by atoms with van der Waals surface area (Å²) in [6.07, 6.45) is -3.19. The predicted molar refractivity (Wildman–Crippen MR) is 128 cm³/mol. The minimum atomic E-state index is -4.86. The molecule has 0 radical (unpaired) electrons. The van der Waals surface area contributed by atoms with E-state index in [1.165, 1.54) is 0 Å². The summed E-state index contributed by atoms with van der Waals surface area (Å²) in [7, 11) is -2.08. The first-order valence-corrected chi connectivity index (χ1v) is 12.1. The molecule has 0 spiro atoms. The monoisotopic (exact) mass is 523 g/mol. The van der Waals surface area contributed by atoms with E-state index in [9.17, 15) is 21.6 Å². The molecule has 2 N–H and O–H groups in total. The molecule has 14 heteroatoms. The molecule has 4 rings (SSSR count). The van der Waals surface area contributed by atoms with Gasteiger partial charge in [-0.05, 0) is 35.8 Å². The second-order valence-corrected chi connectivity index (χ2v) is 9.59. The molecule has 0 fully saturated rings. The molecule has 0 saturated carbocycles. The molecule has 0 aliphatic rings. The molecular formula is C21H18BClF3N5O3S. The second kappa shape index (κ2) is 9.76. The maximum atomic E-state index is 12.5. The lowest BCUT2D eigenvalue weighted by molar-refractivity contribution is -0.274. The third-order valence-electron chi connectivity index (χ3n) is 4.89. The van der Waals surface area contributed by atoms with Gasteiger partial charge in [-0.2, -0.15) is 9.61 Å². The highest BCUT2D eigenvalue weighted by atomic mass is 35.5. The van der Waals surface area contributed by atoms with Gasteiger partial charge in [0.25, 0.3) is 0 Å². The van der Waals surface area contributed by atoms with Crippen molar-refractivity contribution in [2.45, 2.75) is 11.3 Å². The number of sulfonamides is 1. The second-order valence-electron chi connectivity index (χ2n) is 7.41. The Bertz CT molecular complexity index is 1460. The maximum absolute atomic E-state index is 12.5. The van der Waals surface area contributed by atoms with E-state index >= 15 is 0 Å². The standard InChI is InChI=1S/C21H18BClF3N5O3S/c22-16-12-28-31-19(11-18(30-20(16)31)15-3-1-2-4-17(15)23)27-9-10-29-35(32,33)14-7-5-13(6-8-14)34-21(24,25)26/h1-8,11-12,27,29H,9-10,22H2. The molecule has 8 nitrogen and oxygen atoms in total. The van der Waals surface area contributed by atoms with Crippen molar-refractivity contribution in [3.8, 4) is 17.0 Å². The maximum Gasteiger partial charge on any atom is 0.573 e. The number of hydrogen-bond donors (Lipinski definition) is 2. The first-order chi connectivity index (χ1) is 16.5. The number of hydrogen-bond acceptors (Lipinski definition) is 6. The first kappa shape index (κ1) is 24.8. The van der Waals surface area contributed by atoms with Crippen molar-refractivity contribution in [1.82, 2.24) is 19.3 Å². The van der Waals surface area contributed by atoms with Gasteiger partial charge in [0.2, 0.25) is 10.0 Å². The minimum absolute atomic E-state index is 0.00533. The largest absolute Gasteiger partial charge is 0.573 e. The Hall–Kier alpha value is -3.29. The molecule has 2 heterocycles. The highest BCUT2D eigenvalue weighted by Gasteiger charge is 2.31. The molecule has 0 unspecified atom stereocenters. The zero-order valence-electron chi connectivity index (χ0n) is 18.2. The summed E-state index contributed by atoms with van der Waals surface area (Å²) in [5.74, 6) is 0.0644. The van der Waals surface area contributed by atoms with Crippen LogP contribution in [0.1, 0.15) is 0 Å². The van der Waals surface area contributed by atoms with Gasteiger partial charge in [0.05, 0.1) is 10.6 Å². The Kier molecular flexibility index (Phi) is 6.92. The smallest absolute Gasteiger partial charge is 0.406 e. The van der Waals surface area contributed by atoms with Gasteiger partial charge in [-0.25, -0.2) is 18.1 Å². The summed E-state index contributed by atoms with van der Waals surface area (Å²) in [5.41, 5.74) is 2.82. The number of nitrogens with zero attached hydrogens (tertiary/aromatic N) is 3. The van der Waals surface area contributed by atoms with Gasteiger partial charge < -0.3 is 10.1 Å². The lowest BCUT2D eigenvalue weighted by Gasteiger charge is -2.13. The minimum Gasteiger partial charge on any atom is -0.406 e. The number of benzene rings is 2. The Labute approximate surface area is 204 Å². The van der Waals surface area contributed by atoms with E-state index in [4.69, 9.17) is 11.6 Å². The van der Waals surface area contributed by atoms with E-state index in [0.717, 1.165) is 35.3 Å². The molecule has 0 atom stereocenters. The molecule has 2 aromatic carbocycles. The van der Waals surface area contributed by atoms with Crippen LogP contribution in [0.4, 0.5) is 19.0 Å². The first-order valence-electron chi connectivity index (χ1n) is 10.2. The van der Waals surface area contributed by atoms with Crippen LogP contribution >= 0.6 is 11.6 Å². The highest BCUT2D eigenvalue weighted by molar-refractivity contribution is 7.89. The molecule has 0 saturated heterocycles. The Balaban J connectivity index is 1.46. The summed E-state index contributed by atoms with van der Waals surface area (Å²) in [6.45, 7) is 0.184. The van der Waals surface area contributed by atoms with Crippen LogP contribution in [0.25, 0.3) is 16.9 Å². The van der Waals surface area contributed by atoms with Crippen LogP contribution in [0.15, 0.2) is 65.7 Å². The van der Waals surface area contributed by atoms with Crippen molar-refractivity contribution >= 4 is 46.4 Å². The summed E-state index contributed by atoms with van der Waals surface area (Å²) in [4.78, 5) is 4.45. The van der Waals surface area contributed by atoms with Crippen LogP contribution in [-0.4, -0.2) is 50.3 Å². The lowest BCUT2D eigenvalue weighted by atomic mass is 10.0. The topological polar surface area (TPSA) is 97.6 Å². The van der Waals surface area contributed by atoms with E-state index in [0.29, 0.717) is 22.2 Å². The van der Waals surface area contributed by atoms with E-state index < -0.39 is 22.1 Å². The van der Waals surface area contributed by atoms with E-state index in [2.05, 4.69) is 24.9 Å². The van der Waals surface area contributed by atoms with Crippen LogP contribution in [-0.2, 0) is 10.0 Å². The number of anilines is 1. The van der Waals surface area contributed by atoms with Gasteiger partial charge in [0, 0.05) is 35.9 Å². The fourth-order valence-corrected chi connectivity index (χ4v) is 4.55. The Morgan fingerprint density at radius 3 is 2.49 bits per heavy atom. The third-order valence-corrected chi connectivity index (χ3v) is 6.70. The van der Waals surface area contributed by atoms with Crippen molar-refractivity contribution in [2.24, 2.45) is 0 Å². The summed E-state index contributed by atoms with van der Waals surface area (Å²) >= 11 is 6.33. The molecular weight excluding hydrogens is 506 g/mol. The average Bonchev–Trinajstić information content (AvgIpc) is 3.17. The summed E-state index contributed by atoms with van der Waals surface area (Å²) in [5, 5.41) is 7.98. The summed E-state index contributed by atoms with van der Waals surface area (Å²) < 4.78 is 69.6. The van der Waals surface area contributed by atoms with E-state index in [1.54, 1.807) is 22.8 Å².